The van der Waals surface area contributed by atoms with E-state index in [1.807, 2.05) is 50.2 Å². The van der Waals surface area contributed by atoms with Gasteiger partial charge in [-0.1, -0.05) is 30.4 Å². The first-order chi connectivity index (χ1) is 10.0. The summed E-state index contributed by atoms with van der Waals surface area (Å²) in [5.74, 6) is 0.212. The fourth-order valence-corrected chi connectivity index (χ4v) is 2.41. The van der Waals surface area contributed by atoms with E-state index in [9.17, 15) is 5.11 Å². The van der Waals surface area contributed by atoms with Gasteiger partial charge in [-0.2, -0.15) is 0 Å². The first kappa shape index (κ1) is 13.4. The van der Waals surface area contributed by atoms with Gasteiger partial charge in [0.2, 0.25) is 0 Å². The van der Waals surface area contributed by atoms with Crippen LogP contribution in [0.25, 0.3) is 16.7 Å². The molecule has 3 aromatic rings. The number of aromatic nitrogens is 3. The van der Waals surface area contributed by atoms with Crippen LogP contribution < -0.4 is 0 Å². The number of rotatable bonds is 3. The van der Waals surface area contributed by atoms with Gasteiger partial charge in [-0.15, -0.1) is 15.0 Å². The standard InChI is InChI=1S/C17H17N3O/c1-11(2)8-13-9-12(3)10-16(17(13)21)20-18-14-6-4-5-7-15(14)19-20/h4-7,9-10,21H,1,8H2,2-3H3. The number of nitrogens with zero attached hydrogens (tertiary/aromatic N) is 3. The molecule has 21 heavy (non-hydrogen) atoms. The van der Waals surface area contributed by atoms with Crippen LogP contribution in [-0.2, 0) is 6.42 Å². The molecule has 0 saturated carbocycles. The maximum Gasteiger partial charge on any atom is 0.146 e. The average molecular weight is 279 g/mol. The summed E-state index contributed by atoms with van der Waals surface area (Å²) in [5, 5.41) is 19.4. The maximum absolute atomic E-state index is 10.5. The highest BCUT2D eigenvalue weighted by Gasteiger charge is 2.13. The molecule has 1 aromatic heterocycles. The molecule has 0 unspecified atom stereocenters. The molecule has 3 rings (SSSR count). The highest BCUT2D eigenvalue weighted by Crippen LogP contribution is 2.29. The van der Waals surface area contributed by atoms with Crippen LogP contribution in [-0.4, -0.2) is 20.1 Å². The number of hydrogen-bond acceptors (Lipinski definition) is 3. The maximum atomic E-state index is 10.5. The number of benzene rings is 2. The van der Waals surface area contributed by atoms with Crippen LogP contribution in [0.2, 0.25) is 0 Å². The van der Waals surface area contributed by atoms with E-state index < -0.39 is 0 Å². The first-order valence-corrected chi connectivity index (χ1v) is 6.84. The van der Waals surface area contributed by atoms with Crippen molar-refractivity contribution in [1.82, 2.24) is 15.0 Å². The third-order valence-corrected chi connectivity index (χ3v) is 3.31. The Hall–Kier alpha value is -2.62. The summed E-state index contributed by atoms with van der Waals surface area (Å²) in [6.45, 7) is 7.85. The molecule has 0 amide bonds. The molecule has 0 bridgehead atoms. The lowest BCUT2D eigenvalue weighted by molar-refractivity contribution is 0.461. The van der Waals surface area contributed by atoms with Crippen LogP contribution in [0.1, 0.15) is 18.1 Å². The van der Waals surface area contributed by atoms with Crippen LogP contribution >= 0.6 is 0 Å². The van der Waals surface area contributed by atoms with Gasteiger partial charge in [0.25, 0.3) is 0 Å². The van der Waals surface area contributed by atoms with Crippen molar-refractivity contribution in [2.24, 2.45) is 0 Å². The van der Waals surface area contributed by atoms with Crippen LogP contribution in [0, 0.1) is 6.92 Å². The van der Waals surface area contributed by atoms with Crippen molar-refractivity contribution in [2.75, 3.05) is 0 Å². The molecule has 0 radical (unpaired) electrons. The average Bonchev–Trinajstić information content (AvgIpc) is 2.85. The van der Waals surface area contributed by atoms with Gasteiger partial charge < -0.3 is 5.11 Å². The fraction of sp³-hybridized carbons (Fsp3) is 0.176. The fourth-order valence-electron chi connectivity index (χ4n) is 2.41. The number of aromatic hydroxyl groups is 1. The highest BCUT2D eigenvalue weighted by atomic mass is 16.3. The van der Waals surface area contributed by atoms with E-state index in [1.165, 1.54) is 4.80 Å². The second-order valence-electron chi connectivity index (χ2n) is 5.40. The van der Waals surface area contributed by atoms with Gasteiger partial charge >= 0.3 is 0 Å². The van der Waals surface area contributed by atoms with Crippen LogP contribution in [0.3, 0.4) is 0 Å². The molecular formula is C17H17N3O. The third kappa shape index (κ3) is 2.52. The highest BCUT2D eigenvalue weighted by molar-refractivity contribution is 5.73. The van der Waals surface area contributed by atoms with E-state index in [0.717, 1.165) is 27.7 Å². The van der Waals surface area contributed by atoms with E-state index in [4.69, 9.17) is 0 Å². The molecule has 4 nitrogen and oxygen atoms in total. The van der Waals surface area contributed by atoms with Crippen molar-refractivity contribution >= 4 is 11.0 Å². The minimum absolute atomic E-state index is 0.212. The Bertz CT molecular complexity index is 800. The van der Waals surface area contributed by atoms with Gasteiger partial charge in [0, 0.05) is 5.56 Å². The third-order valence-electron chi connectivity index (χ3n) is 3.31. The topological polar surface area (TPSA) is 50.9 Å². The number of phenols is 1. The lowest BCUT2D eigenvalue weighted by Crippen LogP contribution is -2.02. The van der Waals surface area contributed by atoms with Crippen molar-refractivity contribution < 1.29 is 5.11 Å². The number of phenolic OH excluding ortho intramolecular Hbond substituents is 1. The lowest BCUT2D eigenvalue weighted by atomic mass is 10.0. The molecule has 0 fully saturated rings. The Morgan fingerprint density at radius 1 is 1.19 bits per heavy atom. The van der Waals surface area contributed by atoms with Gasteiger partial charge in [-0.05, 0) is 44.0 Å². The van der Waals surface area contributed by atoms with Crippen molar-refractivity contribution in [3.63, 3.8) is 0 Å². The second kappa shape index (κ2) is 5.05. The Labute approximate surface area is 123 Å². The molecule has 0 aliphatic heterocycles. The smallest absolute Gasteiger partial charge is 0.146 e. The molecule has 0 saturated heterocycles. The van der Waals surface area contributed by atoms with E-state index >= 15 is 0 Å². The summed E-state index contributed by atoms with van der Waals surface area (Å²) in [5.41, 5.74) is 5.11. The van der Waals surface area contributed by atoms with Crippen molar-refractivity contribution in [3.05, 3.63) is 59.7 Å². The van der Waals surface area contributed by atoms with Crippen molar-refractivity contribution in [1.29, 1.82) is 0 Å². The van der Waals surface area contributed by atoms with E-state index in [-0.39, 0.29) is 5.75 Å². The summed E-state index contributed by atoms with van der Waals surface area (Å²) in [4.78, 5) is 1.49. The molecule has 2 aromatic carbocycles. The molecule has 0 atom stereocenters. The van der Waals surface area contributed by atoms with Crippen molar-refractivity contribution in [3.8, 4) is 11.4 Å². The van der Waals surface area contributed by atoms with Gasteiger partial charge in [-0.3, -0.25) is 0 Å². The largest absolute Gasteiger partial charge is 0.505 e. The van der Waals surface area contributed by atoms with Crippen LogP contribution in [0.5, 0.6) is 5.75 Å². The first-order valence-electron chi connectivity index (χ1n) is 6.84. The zero-order chi connectivity index (χ0) is 15.0. The summed E-state index contributed by atoms with van der Waals surface area (Å²) in [6.07, 6.45) is 0.640. The van der Waals surface area contributed by atoms with Crippen LogP contribution in [0.15, 0.2) is 48.6 Å². The Morgan fingerprint density at radius 2 is 1.81 bits per heavy atom. The second-order valence-corrected chi connectivity index (χ2v) is 5.40. The number of aryl methyl sites for hydroxylation is 1. The van der Waals surface area contributed by atoms with E-state index in [2.05, 4.69) is 16.8 Å². The molecule has 0 aliphatic carbocycles. The quantitative estimate of drug-likeness (QED) is 0.746. The zero-order valence-electron chi connectivity index (χ0n) is 12.2. The van der Waals surface area contributed by atoms with E-state index in [1.54, 1.807) is 0 Å². The van der Waals surface area contributed by atoms with Gasteiger partial charge in [-0.25, -0.2) is 0 Å². The van der Waals surface area contributed by atoms with Gasteiger partial charge in [0.05, 0.1) is 0 Å². The minimum Gasteiger partial charge on any atom is -0.505 e. The molecule has 0 aliphatic rings. The predicted octanol–water partition coefficient (Wildman–Crippen LogP) is 3.55. The van der Waals surface area contributed by atoms with Crippen molar-refractivity contribution in [2.45, 2.75) is 20.3 Å². The SMILES string of the molecule is C=C(C)Cc1cc(C)cc(-n2nc3ccccc3n2)c1O. The summed E-state index contributed by atoms with van der Waals surface area (Å²) < 4.78 is 0. The normalized spacial score (nSPS) is 11.0. The van der Waals surface area contributed by atoms with Crippen LogP contribution in [0.4, 0.5) is 0 Å². The molecule has 1 N–H and O–H groups in total. The lowest BCUT2D eigenvalue weighted by Gasteiger charge is -2.10. The molecule has 1 heterocycles. The monoisotopic (exact) mass is 279 g/mol. The summed E-state index contributed by atoms with van der Waals surface area (Å²) >= 11 is 0. The Morgan fingerprint density at radius 3 is 2.38 bits per heavy atom. The van der Waals surface area contributed by atoms with E-state index in [0.29, 0.717) is 12.1 Å². The Balaban J connectivity index is 2.17. The van der Waals surface area contributed by atoms with Gasteiger partial charge in [0.15, 0.2) is 0 Å². The predicted molar refractivity (Wildman–Crippen MR) is 83.8 cm³/mol. The zero-order valence-corrected chi connectivity index (χ0v) is 12.2. The number of allylic oxidation sites excluding steroid dienone is 1. The number of hydrogen-bond donors (Lipinski definition) is 1. The van der Waals surface area contributed by atoms with Gasteiger partial charge in [0.1, 0.15) is 22.5 Å². The molecule has 4 heteroatoms. The summed E-state index contributed by atoms with van der Waals surface area (Å²) in [6, 6.07) is 11.5. The molecular weight excluding hydrogens is 262 g/mol. The Kier molecular flexibility index (Phi) is 3.22. The molecule has 106 valence electrons. The summed E-state index contributed by atoms with van der Waals surface area (Å²) in [7, 11) is 0. The number of fused-ring (bicyclic) bond motifs is 1. The molecule has 0 spiro atoms. The minimum atomic E-state index is 0.212.